The van der Waals surface area contributed by atoms with Crippen LogP contribution in [0.5, 0.6) is 0 Å². The molecule has 0 aliphatic heterocycles. The monoisotopic (exact) mass is 388 g/mol. The third kappa shape index (κ3) is 3.58. The van der Waals surface area contributed by atoms with Crippen LogP contribution in [0.1, 0.15) is 48.4 Å². The van der Waals surface area contributed by atoms with Gasteiger partial charge in [0, 0.05) is 17.3 Å². The van der Waals surface area contributed by atoms with E-state index in [0.717, 1.165) is 35.7 Å². The second-order valence-corrected chi connectivity index (χ2v) is 7.14. The zero-order chi connectivity index (χ0) is 19.9. The number of carbonyl (C=O) groups is 1. The van der Waals surface area contributed by atoms with Crippen molar-refractivity contribution >= 4 is 22.5 Å². The maximum atomic E-state index is 12.8. The predicted molar refractivity (Wildman–Crippen MR) is 99.0 cm³/mol. The number of nitrogens with zero attached hydrogens (tertiary/aromatic N) is 3. The Balaban J connectivity index is 1.51. The lowest BCUT2D eigenvalue weighted by molar-refractivity contribution is -0.141. The summed E-state index contributed by atoms with van der Waals surface area (Å²) in [5.41, 5.74) is -0.0834. The highest BCUT2D eigenvalue weighted by Crippen LogP contribution is 2.39. The number of fused-ring (bicyclic) bond motifs is 1. The summed E-state index contributed by atoms with van der Waals surface area (Å²) < 4.78 is 40.3. The zero-order valence-electron chi connectivity index (χ0n) is 15.2. The molecule has 0 atom stereocenters. The highest BCUT2D eigenvalue weighted by molar-refractivity contribution is 6.03. The lowest BCUT2D eigenvalue weighted by Crippen LogP contribution is -2.26. The molecule has 1 saturated carbocycles. The summed E-state index contributed by atoms with van der Waals surface area (Å²) in [4.78, 5) is 15.7. The SMILES string of the molecule is CCC1CC(n2cc3cc(NC(=O)c4cccc(C(F)(F)F)n4)ccc3n2)C1. The number of halogens is 3. The number of hydrogen-bond acceptors (Lipinski definition) is 3. The van der Waals surface area contributed by atoms with Crippen LogP contribution in [-0.4, -0.2) is 20.7 Å². The molecule has 3 aromatic rings. The molecular weight excluding hydrogens is 369 g/mol. The van der Waals surface area contributed by atoms with Crippen molar-refractivity contribution in [2.75, 3.05) is 5.32 Å². The van der Waals surface area contributed by atoms with Crippen LogP contribution in [0.15, 0.2) is 42.6 Å². The van der Waals surface area contributed by atoms with E-state index in [9.17, 15) is 18.0 Å². The Hall–Kier alpha value is -2.90. The molecule has 2 aromatic heterocycles. The molecule has 0 unspecified atom stereocenters. The van der Waals surface area contributed by atoms with Gasteiger partial charge in [0.15, 0.2) is 0 Å². The first-order valence-corrected chi connectivity index (χ1v) is 9.18. The maximum Gasteiger partial charge on any atom is 0.433 e. The Labute approximate surface area is 159 Å². The summed E-state index contributed by atoms with van der Waals surface area (Å²) >= 11 is 0. The molecule has 2 heterocycles. The Morgan fingerprint density at radius 3 is 2.75 bits per heavy atom. The van der Waals surface area contributed by atoms with Gasteiger partial charge in [0.1, 0.15) is 11.4 Å². The zero-order valence-corrected chi connectivity index (χ0v) is 15.2. The van der Waals surface area contributed by atoms with Gasteiger partial charge in [0.05, 0.1) is 11.6 Å². The number of aromatic nitrogens is 3. The average molecular weight is 388 g/mol. The van der Waals surface area contributed by atoms with Crippen LogP contribution in [0.25, 0.3) is 10.9 Å². The van der Waals surface area contributed by atoms with Crippen molar-refractivity contribution in [2.24, 2.45) is 5.92 Å². The molecule has 1 fully saturated rings. The molecule has 1 aliphatic rings. The second kappa shape index (κ2) is 6.92. The number of nitrogens with one attached hydrogen (secondary N) is 1. The van der Waals surface area contributed by atoms with Crippen LogP contribution >= 0.6 is 0 Å². The Bertz CT molecular complexity index is 1020. The van der Waals surface area contributed by atoms with Crippen molar-refractivity contribution < 1.29 is 18.0 Å². The first-order chi connectivity index (χ1) is 13.3. The molecule has 146 valence electrons. The van der Waals surface area contributed by atoms with Crippen LogP contribution in [0.2, 0.25) is 0 Å². The summed E-state index contributed by atoms with van der Waals surface area (Å²) in [6.07, 6.45) is 0.772. The average Bonchev–Trinajstić information content (AvgIpc) is 3.03. The van der Waals surface area contributed by atoms with E-state index in [2.05, 4.69) is 22.3 Å². The number of pyridine rings is 1. The molecule has 1 aromatic carbocycles. The van der Waals surface area contributed by atoms with E-state index in [1.807, 2.05) is 10.9 Å². The van der Waals surface area contributed by atoms with Gasteiger partial charge in [0.25, 0.3) is 5.91 Å². The van der Waals surface area contributed by atoms with Gasteiger partial charge in [0.2, 0.25) is 0 Å². The predicted octanol–water partition coefficient (Wildman–Crippen LogP) is 5.06. The highest BCUT2D eigenvalue weighted by Gasteiger charge is 2.33. The number of rotatable bonds is 4. The molecule has 28 heavy (non-hydrogen) atoms. The van der Waals surface area contributed by atoms with Crippen molar-refractivity contribution in [1.82, 2.24) is 14.8 Å². The van der Waals surface area contributed by atoms with Crippen molar-refractivity contribution in [3.8, 4) is 0 Å². The smallest absolute Gasteiger partial charge is 0.321 e. The van der Waals surface area contributed by atoms with Crippen LogP contribution in [-0.2, 0) is 6.18 Å². The van der Waals surface area contributed by atoms with E-state index < -0.39 is 17.8 Å². The Morgan fingerprint density at radius 1 is 1.25 bits per heavy atom. The van der Waals surface area contributed by atoms with Gasteiger partial charge in [-0.25, -0.2) is 4.98 Å². The lowest BCUT2D eigenvalue weighted by Gasteiger charge is -2.34. The normalized spacial score (nSPS) is 19.4. The summed E-state index contributed by atoms with van der Waals surface area (Å²) in [5, 5.41) is 8.06. The fourth-order valence-corrected chi connectivity index (χ4v) is 3.47. The number of alkyl halides is 3. The quantitative estimate of drug-likeness (QED) is 0.679. The standard InChI is InChI=1S/C20H19F3N4O/c1-2-12-8-15(9-12)27-11-13-10-14(6-7-16(13)26-27)24-19(28)17-4-3-5-18(25-17)20(21,22)23/h3-7,10-12,15H,2,8-9H2,1H3,(H,24,28). The third-order valence-electron chi connectivity index (χ3n) is 5.21. The van der Waals surface area contributed by atoms with E-state index in [0.29, 0.717) is 11.7 Å². The molecular formula is C20H19F3N4O. The second-order valence-electron chi connectivity index (χ2n) is 7.14. The van der Waals surface area contributed by atoms with Crippen LogP contribution in [0, 0.1) is 5.92 Å². The Morgan fingerprint density at radius 2 is 2.04 bits per heavy atom. The molecule has 0 saturated heterocycles. The van der Waals surface area contributed by atoms with Crippen LogP contribution in [0.3, 0.4) is 0 Å². The fourth-order valence-electron chi connectivity index (χ4n) is 3.47. The van der Waals surface area contributed by atoms with Gasteiger partial charge in [-0.05, 0) is 49.1 Å². The summed E-state index contributed by atoms with van der Waals surface area (Å²) in [6.45, 7) is 2.19. The largest absolute Gasteiger partial charge is 0.433 e. The number of hydrogen-bond donors (Lipinski definition) is 1. The summed E-state index contributed by atoms with van der Waals surface area (Å²) in [6, 6.07) is 8.89. The molecule has 1 aliphatic carbocycles. The van der Waals surface area contributed by atoms with E-state index in [-0.39, 0.29) is 5.69 Å². The lowest BCUT2D eigenvalue weighted by atomic mass is 9.79. The van der Waals surface area contributed by atoms with Crippen molar-refractivity contribution in [2.45, 2.75) is 38.4 Å². The van der Waals surface area contributed by atoms with Crippen molar-refractivity contribution in [3.05, 3.63) is 54.0 Å². The third-order valence-corrected chi connectivity index (χ3v) is 5.21. The summed E-state index contributed by atoms with van der Waals surface area (Å²) in [5.74, 6) is 0.0646. The van der Waals surface area contributed by atoms with Crippen LogP contribution < -0.4 is 5.32 Å². The number of carbonyl (C=O) groups excluding carboxylic acids is 1. The van der Waals surface area contributed by atoms with E-state index in [1.54, 1.807) is 18.2 Å². The minimum atomic E-state index is -4.60. The van der Waals surface area contributed by atoms with Crippen molar-refractivity contribution in [3.63, 3.8) is 0 Å². The van der Waals surface area contributed by atoms with Gasteiger partial charge in [-0.15, -0.1) is 0 Å². The van der Waals surface area contributed by atoms with Gasteiger partial charge in [-0.2, -0.15) is 18.3 Å². The van der Waals surface area contributed by atoms with Gasteiger partial charge in [-0.1, -0.05) is 19.4 Å². The molecule has 1 N–H and O–H groups in total. The molecule has 1 amide bonds. The number of anilines is 1. The minimum absolute atomic E-state index is 0.286. The molecule has 0 radical (unpaired) electrons. The maximum absolute atomic E-state index is 12.8. The molecule has 0 spiro atoms. The first-order valence-electron chi connectivity index (χ1n) is 9.18. The molecule has 4 rings (SSSR count). The first kappa shape index (κ1) is 18.5. The fraction of sp³-hybridized carbons (Fsp3) is 0.350. The molecule has 5 nitrogen and oxygen atoms in total. The van der Waals surface area contributed by atoms with Crippen molar-refractivity contribution in [1.29, 1.82) is 0 Å². The number of benzene rings is 1. The Kier molecular flexibility index (Phi) is 4.56. The minimum Gasteiger partial charge on any atom is -0.321 e. The highest BCUT2D eigenvalue weighted by atomic mass is 19.4. The van der Waals surface area contributed by atoms with E-state index in [4.69, 9.17) is 0 Å². The van der Waals surface area contributed by atoms with Gasteiger partial charge < -0.3 is 5.32 Å². The van der Waals surface area contributed by atoms with E-state index in [1.165, 1.54) is 18.6 Å². The van der Waals surface area contributed by atoms with Gasteiger partial charge in [-0.3, -0.25) is 9.48 Å². The molecule has 0 bridgehead atoms. The van der Waals surface area contributed by atoms with Crippen LogP contribution in [0.4, 0.5) is 18.9 Å². The van der Waals surface area contributed by atoms with E-state index >= 15 is 0 Å². The molecule has 8 heteroatoms. The van der Waals surface area contributed by atoms with Gasteiger partial charge >= 0.3 is 6.18 Å². The topological polar surface area (TPSA) is 59.8 Å². The summed E-state index contributed by atoms with van der Waals surface area (Å²) in [7, 11) is 0. The number of amides is 1.